The second-order valence-corrected chi connectivity index (χ2v) is 6.03. The summed E-state index contributed by atoms with van der Waals surface area (Å²) in [4.78, 5) is 15.1. The standard InChI is InChI=1S/C20H23N3O2/c1-14-6-5-9-19(15(14)2)25-13-23-20(24)21-11-10-16-12-22-18-8-4-3-7-17(16)18/h3-9,12,22H,10-11,13H2,1-2H3,(H2,21,23,24). The summed E-state index contributed by atoms with van der Waals surface area (Å²) in [5.74, 6) is 0.791. The molecule has 1 heterocycles. The van der Waals surface area contributed by atoms with Crippen LogP contribution in [0.1, 0.15) is 16.7 Å². The smallest absolute Gasteiger partial charge is 0.317 e. The Kier molecular flexibility index (Phi) is 5.23. The predicted molar refractivity (Wildman–Crippen MR) is 99.9 cm³/mol. The molecule has 130 valence electrons. The zero-order chi connectivity index (χ0) is 17.6. The van der Waals surface area contributed by atoms with Gasteiger partial charge >= 0.3 is 6.03 Å². The highest BCUT2D eigenvalue weighted by molar-refractivity contribution is 5.83. The monoisotopic (exact) mass is 337 g/mol. The number of aryl methyl sites for hydroxylation is 1. The van der Waals surface area contributed by atoms with Crippen molar-refractivity contribution < 1.29 is 9.53 Å². The van der Waals surface area contributed by atoms with Gasteiger partial charge in [0.15, 0.2) is 6.73 Å². The molecule has 0 aliphatic rings. The molecule has 3 aromatic rings. The molecular formula is C20H23N3O2. The number of carbonyl (C=O) groups is 1. The van der Waals surface area contributed by atoms with E-state index in [0.29, 0.717) is 6.54 Å². The van der Waals surface area contributed by atoms with E-state index in [1.54, 1.807) is 0 Å². The lowest BCUT2D eigenvalue weighted by atomic mass is 10.1. The summed E-state index contributed by atoms with van der Waals surface area (Å²) in [5.41, 5.74) is 4.57. The molecule has 0 unspecified atom stereocenters. The van der Waals surface area contributed by atoms with E-state index in [1.165, 1.54) is 16.5 Å². The third-order valence-electron chi connectivity index (χ3n) is 4.37. The first kappa shape index (κ1) is 16.9. The summed E-state index contributed by atoms with van der Waals surface area (Å²) in [5, 5.41) is 6.77. The number of amides is 2. The van der Waals surface area contributed by atoms with Gasteiger partial charge in [0.1, 0.15) is 5.75 Å². The highest BCUT2D eigenvalue weighted by Crippen LogP contribution is 2.20. The van der Waals surface area contributed by atoms with E-state index in [0.717, 1.165) is 23.3 Å². The van der Waals surface area contributed by atoms with Gasteiger partial charge in [0.05, 0.1) is 0 Å². The number of carbonyl (C=O) groups excluding carboxylic acids is 1. The van der Waals surface area contributed by atoms with Gasteiger partial charge in [0.25, 0.3) is 0 Å². The van der Waals surface area contributed by atoms with E-state index >= 15 is 0 Å². The van der Waals surface area contributed by atoms with E-state index in [9.17, 15) is 4.79 Å². The lowest BCUT2D eigenvalue weighted by Crippen LogP contribution is -2.38. The van der Waals surface area contributed by atoms with Crippen molar-refractivity contribution in [3.63, 3.8) is 0 Å². The summed E-state index contributed by atoms with van der Waals surface area (Å²) in [6, 6.07) is 13.8. The normalized spacial score (nSPS) is 10.6. The third kappa shape index (κ3) is 4.12. The van der Waals surface area contributed by atoms with Crippen LogP contribution in [0.2, 0.25) is 0 Å². The molecule has 5 heteroatoms. The van der Waals surface area contributed by atoms with Crippen molar-refractivity contribution in [2.75, 3.05) is 13.3 Å². The van der Waals surface area contributed by atoms with Crippen LogP contribution in [-0.4, -0.2) is 24.3 Å². The average Bonchev–Trinajstić information content (AvgIpc) is 3.02. The zero-order valence-electron chi connectivity index (χ0n) is 14.6. The first-order chi connectivity index (χ1) is 12.1. The maximum Gasteiger partial charge on any atom is 0.317 e. The number of ether oxygens (including phenoxy) is 1. The zero-order valence-corrected chi connectivity index (χ0v) is 14.6. The summed E-state index contributed by atoms with van der Waals surface area (Å²) in [6.07, 6.45) is 2.77. The van der Waals surface area contributed by atoms with Gasteiger partial charge in [-0.25, -0.2) is 4.79 Å². The van der Waals surface area contributed by atoms with E-state index in [-0.39, 0.29) is 12.8 Å². The Morgan fingerprint density at radius 3 is 2.80 bits per heavy atom. The van der Waals surface area contributed by atoms with Gasteiger partial charge in [0.2, 0.25) is 0 Å². The van der Waals surface area contributed by atoms with Gasteiger partial charge in [-0.2, -0.15) is 0 Å². The fraction of sp³-hybridized carbons (Fsp3) is 0.250. The fourth-order valence-electron chi connectivity index (χ4n) is 2.77. The molecule has 25 heavy (non-hydrogen) atoms. The molecule has 0 spiro atoms. The second-order valence-electron chi connectivity index (χ2n) is 6.03. The Labute approximate surface area is 147 Å². The minimum absolute atomic E-state index is 0.142. The maximum atomic E-state index is 11.9. The van der Waals surface area contributed by atoms with Crippen LogP contribution in [0.4, 0.5) is 4.79 Å². The van der Waals surface area contributed by atoms with Crippen LogP contribution in [0.25, 0.3) is 10.9 Å². The molecule has 3 rings (SSSR count). The number of aromatic nitrogens is 1. The summed E-state index contributed by atoms with van der Waals surface area (Å²) in [7, 11) is 0. The van der Waals surface area contributed by atoms with Crippen LogP contribution in [0.15, 0.2) is 48.7 Å². The lowest BCUT2D eigenvalue weighted by Gasteiger charge is -2.12. The van der Waals surface area contributed by atoms with E-state index in [2.05, 4.69) is 21.7 Å². The van der Waals surface area contributed by atoms with Crippen LogP contribution in [-0.2, 0) is 6.42 Å². The highest BCUT2D eigenvalue weighted by atomic mass is 16.5. The van der Waals surface area contributed by atoms with Crippen LogP contribution in [0.5, 0.6) is 5.75 Å². The number of urea groups is 1. The quantitative estimate of drug-likeness (QED) is 0.601. The Balaban J connectivity index is 1.42. The van der Waals surface area contributed by atoms with Crippen molar-refractivity contribution in [3.05, 3.63) is 65.4 Å². The number of fused-ring (bicyclic) bond motifs is 1. The Morgan fingerprint density at radius 1 is 1.08 bits per heavy atom. The maximum absolute atomic E-state index is 11.9. The van der Waals surface area contributed by atoms with Gasteiger partial charge < -0.3 is 20.4 Å². The van der Waals surface area contributed by atoms with Crippen LogP contribution in [0, 0.1) is 13.8 Å². The fourth-order valence-corrected chi connectivity index (χ4v) is 2.77. The Bertz CT molecular complexity index is 870. The lowest BCUT2D eigenvalue weighted by molar-refractivity contribution is 0.224. The minimum atomic E-state index is -0.231. The number of H-pyrrole nitrogens is 1. The van der Waals surface area contributed by atoms with Crippen molar-refractivity contribution in [2.24, 2.45) is 0 Å². The average molecular weight is 337 g/mol. The topological polar surface area (TPSA) is 66.2 Å². The van der Waals surface area contributed by atoms with Gasteiger partial charge in [0, 0.05) is 23.6 Å². The van der Waals surface area contributed by atoms with Gasteiger partial charge in [-0.15, -0.1) is 0 Å². The molecule has 2 aromatic carbocycles. The number of para-hydroxylation sites is 1. The van der Waals surface area contributed by atoms with Crippen LogP contribution in [0.3, 0.4) is 0 Å². The number of rotatable bonds is 6. The number of hydrogen-bond donors (Lipinski definition) is 3. The van der Waals surface area contributed by atoms with Crippen LogP contribution < -0.4 is 15.4 Å². The summed E-state index contributed by atoms with van der Waals surface area (Å²) >= 11 is 0. The van der Waals surface area contributed by atoms with Gasteiger partial charge in [-0.05, 0) is 49.1 Å². The molecule has 2 amide bonds. The number of nitrogens with one attached hydrogen (secondary N) is 3. The van der Waals surface area contributed by atoms with Crippen LogP contribution >= 0.6 is 0 Å². The molecule has 0 radical (unpaired) electrons. The molecule has 0 saturated carbocycles. The highest BCUT2D eigenvalue weighted by Gasteiger charge is 2.05. The predicted octanol–water partition coefficient (Wildman–Crippen LogP) is 3.66. The third-order valence-corrected chi connectivity index (χ3v) is 4.37. The minimum Gasteiger partial charge on any atom is -0.473 e. The first-order valence-electron chi connectivity index (χ1n) is 8.41. The van der Waals surface area contributed by atoms with E-state index in [4.69, 9.17) is 4.74 Å². The summed E-state index contributed by atoms with van der Waals surface area (Å²) < 4.78 is 5.62. The molecule has 0 bridgehead atoms. The van der Waals surface area contributed by atoms with Crippen molar-refractivity contribution >= 4 is 16.9 Å². The van der Waals surface area contributed by atoms with Crippen molar-refractivity contribution in [3.8, 4) is 5.75 Å². The molecule has 0 fully saturated rings. The van der Waals surface area contributed by atoms with Gasteiger partial charge in [-0.3, -0.25) is 0 Å². The second kappa shape index (κ2) is 7.75. The Hall–Kier alpha value is -2.95. The number of aromatic amines is 1. The molecule has 0 atom stereocenters. The van der Waals surface area contributed by atoms with Crippen molar-refractivity contribution in [2.45, 2.75) is 20.3 Å². The molecular weight excluding hydrogens is 314 g/mol. The van der Waals surface area contributed by atoms with E-state index in [1.807, 2.05) is 56.4 Å². The van der Waals surface area contributed by atoms with Crippen molar-refractivity contribution in [1.29, 1.82) is 0 Å². The molecule has 3 N–H and O–H groups in total. The van der Waals surface area contributed by atoms with Crippen molar-refractivity contribution in [1.82, 2.24) is 15.6 Å². The molecule has 0 saturated heterocycles. The molecule has 5 nitrogen and oxygen atoms in total. The van der Waals surface area contributed by atoms with Gasteiger partial charge in [-0.1, -0.05) is 30.3 Å². The number of hydrogen-bond acceptors (Lipinski definition) is 2. The number of benzene rings is 2. The molecule has 0 aliphatic carbocycles. The molecule has 0 aliphatic heterocycles. The SMILES string of the molecule is Cc1cccc(OCNC(=O)NCCc2c[nH]c3ccccc23)c1C. The first-order valence-corrected chi connectivity index (χ1v) is 8.41. The molecule has 1 aromatic heterocycles. The largest absolute Gasteiger partial charge is 0.473 e. The van der Waals surface area contributed by atoms with E-state index < -0.39 is 0 Å². The Morgan fingerprint density at radius 2 is 1.92 bits per heavy atom. The summed E-state index contributed by atoms with van der Waals surface area (Å²) in [6.45, 7) is 4.75.